The Hall–Kier alpha value is -1.40. The third-order valence-corrected chi connectivity index (χ3v) is 5.29. The zero-order valence-corrected chi connectivity index (χ0v) is 14.1. The molecule has 0 unspecified atom stereocenters. The monoisotopic (exact) mass is 320 g/mol. The van der Waals surface area contributed by atoms with E-state index in [1.165, 1.54) is 12.8 Å². The van der Waals surface area contributed by atoms with E-state index in [2.05, 4.69) is 24.3 Å². The lowest BCUT2D eigenvalue weighted by molar-refractivity contribution is -0.148. The van der Waals surface area contributed by atoms with Crippen molar-refractivity contribution in [1.82, 2.24) is 20.0 Å². The summed E-state index contributed by atoms with van der Waals surface area (Å²) in [6.07, 6.45) is 8.59. The quantitative estimate of drug-likeness (QED) is 0.895. The van der Waals surface area contributed by atoms with Crippen molar-refractivity contribution < 1.29 is 9.53 Å². The second-order valence-electron chi connectivity index (χ2n) is 6.74. The largest absolute Gasteiger partial charge is 0.374 e. The zero-order valence-electron chi connectivity index (χ0n) is 14.1. The third kappa shape index (κ3) is 3.75. The highest BCUT2D eigenvalue weighted by atomic mass is 16.5. The predicted molar refractivity (Wildman–Crippen MR) is 88.1 cm³/mol. The molecule has 0 spiro atoms. The number of hydrogen-bond acceptors (Lipinski definition) is 4. The van der Waals surface area contributed by atoms with E-state index in [1.54, 1.807) is 6.20 Å². The van der Waals surface area contributed by atoms with E-state index in [0.29, 0.717) is 13.2 Å². The van der Waals surface area contributed by atoms with Crippen molar-refractivity contribution in [2.75, 3.05) is 19.7 Å². The van der Waals surface area contributed by atoms with Crippen LogP contribution in [0.15, 0.2) is 18.5 Å². The molecule has 1 amide bonds. The van der Waals surface area contributed by atoms with Crippen LogP contribution in [0.2, 0.25) is 0 Å². The van der Waals surface area contributed by atoms with E-state index >= 15 is 0 Å². The number of carbonyl (C=O) groups is 1. The number of aromatic nitrogens is 2. The molecule has 1 aliphatic heterocycles. The first kappa shape index (κ1) is 16.5. The van der Waals surface area contributed by atoms with Gasteiger partial charge in [-0.3, -0.25) is 9.48 Å². The molecule has 1 aromatic rings. The number of morpholine rings is 1. The number of nitrogens with one attached hydrogen (secondary N) is 1. The van der Waals surface area contributed by atoms with Crippen LogP contribution in [0, 0.1) is 0 Å². The lowest BCUT2D eigenvalue weighted by atomic mass is 9.90. The van der Waals surface area contributed by atoms with Crippen molar-refractivity contribution in [3.8, 4) is 0 Å². The smallest absolute Gasteiger partial charge is 0.236 e. The summed E-state index contributed by atoms with van der Waals surface area (Å²) >= 11 is 0. The average molecular weight is 320 g/mol. The molecular weight excluding hydrogens is 292 g/mol. The number of carbonyl (C=O) groups excluding carboxylic acids is 1. The summed E-state index contributed by atoms with van der Waals surface area (Å²) in [6, 6.07) is 2.60. The summed E-state index contributed by atoms with van der Waals surface area (Å²) in [7, 11) is 0. The van der Waals surface area contributed by atoms with Crippen molar-refractivity contribution in [2.45, 2.75) is 63.8 Å². The van der Waals surface area contributed by atoms with Gasteiger partial charge in [0.2, 0.25) is 5.91 Å². The van der Waals surface area contributed by atoms with E-state index in [1.807, 2.05) is 21.8 Å². The van der Waals surface area contributed by atoms with E-state index in [-0.39, 0.29) is 30.1 Å². The maximum Gasteiger partial charge on any atom is 0.236 e. The molecule has 6 nitrogen and oxygen atoms in total. The Morgan fingerprint density at radius 3 is 3.00 bits per heavy atom. The van der Waals surface area contributed by atoms with Crippen LogP contribution >= 0.6 is 0 Å². The molecule has 3 rings (SSSR count). The molecule has 1 saturated heterocycles. The highest BCUT2D eigenvalue weighted by Gasteiger charge is 2.36. The number of amides is 1. The molecule has 1 aromatic heterocycles. The van der Waals surface area contributed by atoms with Crippen LogP contribution in [-0.2, 0) is 9.53 Å². The van der Waals surface area contributed by atoms with Crippen molar-refractivity contribution in [1.29, 1.82) is 0 Å². The van der Waals surface area contributed by atoms with Crippen LogP contribution in [-0.4, -0.2) is 58.5 Å². The first-order valence-corrected chi connectivity index (χ1v) is 8.80. The molecule has 128 valence electrons. The van der Waals surface area contributed by atoms with Gasteiger partial charge in [-0.05, 0) is 32.8 Å². The van der Waals surface area contributed by atoms with E-state index in [0.717, 1.165) is 19.4 Å². The molecule has 1 saturated carbocycles. The van der Waals surface area contributed by atoms with Gasteiger partial charge in [0.15, 0.2) is 0 Å². The van der Waals surface area contributed by atoms with Gasteiger partial charge < -0.3 is 15.0 Å². The maximum atomic E-state index is 12.7. The minimum absolute atomic E-state index is 0.182. The van der Waals surface area contributed by atoms with Crippen LogP contribution in [0.1, 0.15) is 45.6 Å². The fraction of sp³-hybridized carbons (Fsp3) is 0.765. The molecule has 0 radical (unpaired) electrons. The highest BCUT2D eigenvalue weighted by Crippen LogP contribution is 2.28. The van der Waals surface area contributed by atoms with Gasteiger partial charge in [0, 0.05) is 25.0 Å². The highest BCUT2D eigenvalue weighted by molar-refractivity contribution is 5.78. The lowest BCUT2D eigenvalue weighted by Gasteiger charge is -2.44. The van der Waals surface area contributed by atoms with Crippen LogP contribution < -0.4 is 5.32 Å². The second kappa shape index (κ2) is 7.45. The maximum absolute atomic E-state index is 12.7. The zero-order chi connectivity index (χ0) is 16.2. The number of nitrogens with zero attached hydrogens (tertiary/aromatic N) is 3. The average Bonchev–Trinajstić information content (AvgIpc) is 3.12. The Labute approximate surface area is 138 Å². The van der Waals surface area contributed by atoms with Crippen molar-refractivity contribution in [3.05, 3.63) is 18.5 Å². The lowest BCUT2D eigenvalue weighted by Crippen LogP contribution is -2.57. The Kier molecular flexibility index (Phi) is 5.33. The second-order valence-corrected chi connectivity index (χ2v) is 6.74. The molecule has 6 heteroatoms. The van der Waals surface area contributed by atoms with Gasteiger partial charge in [-0.2, -0.15) is 5.10 Å². The Morgan fingerprint density at radius 1 is 1.39 bits per heavy atom. The number of ether oxygens (including phenoxy) is 1. The van der Waals surface area contributed by atoms with Crippen LogP contribution in [0.25, 0.3) is 0 Å². The SMILES string of the molecule is C[C@H](NCC(=O)N1CCO[C@@H]2CCCC[C@H]21)[C@@H](C)n1cccn1. The van der Waals surface area contributed by atoms with Gasteiger partial charge in [0.05, 0.1) is 31.3 Å². The van der Waals surface area contributed by atoms with Gasteiger partial charge in [-0.1, -0.05) is 12.8 Å². The fourth-order valence-electron chi connectivity index (χ4n) is 3.68. The van der Waals surface area contributed by atoms with Crippen LogP contribution in [0.4, 0.5) is 0 Å². The molecular formula is C17H28N4O2. The summed E-state index contributed by atoms with van der Waals surface area (Å²) in [5.41, 5.74) is 0. The molecule has 4 atom stereocenters. The Balaban J connectivity index is 1.52. The van der Waals surface area contributed by atoms with Crippen molar-refractivity contribution in [3.63, 3.8) is 0 Å². The fourth-order valence-corrected chi connectivity index (χ4v) is 3.68. The van der Waals surface area contributed by atoms with Gasteiger partial charge in [-0.15, -0.1) is 0 Å². The molecule has 0 aromatic carbocycles. The van der Waals surface area contributed by atoms with Crippen LogP contribution in [0.3, 0.4) is 0 Å². The minimum Gasteiger partial charge on any atom is -0.374 e. The van der Waals surface area contributed by atoms with Gasteiger partial charge >= 0.3 is 0 Å². The van der Waals surface area contributed by atoms with E-state index in [4.69, 9.17) is 4.74 Å². The van der Waals surface area contributed by atoms with Gasteiger partial charge in [0.25, 0.3) is 0 Å². The van der Waals surface area contributed by atoms with E-state index in [9.17, 15) is 4.79 Å². The first-order valence-electron chi connectivity index (χ1n) is 8.80. The number of hydrogen-bond donors (Lipinski definition) is 1. The molecule has 2 aliphatic rings. The topological polar surface area (TPSA) is 59.4 Å². The Bertz CT molecular complexity index is 503. The summed E-state index contributed by atoms with van der Waals surface area (Å²) < 4.78 is 7.77. The van der Waals surface area contributed by atoms with E-state index < -0.39 is 0 Å². The molecule has 1 aliphatic carbocycles. The summed E-state index contributed by atoms with van der Waals surface area (Å²) in [5.74, 6) is 0.199. The summed E-state index contributed by atoms with van der Waals surface area (Å²) in [5, 5.41) is 7.64. The van der Waals surface area contributed by atoms with Crippen molar-refractivity contribution in [2.24, 2.45) is 0 Å². The number of fused-ring (bicyclic) bond motifs is 1. The molecule has 2 fully saturated rings. The molecule has 0 bridgehead atoms. The van der Waals surface area contributed by atoms with Crippen molar-refractivity contribution >= 4 is 5.91 Å². The third-order valence-electron chi connectivity index (χ3n) is 5.29. The van der Waals surface area contributed by atoms with Gasteiger partial charge in [0.1, 0.15) is 0 Å². The summed E-state index contributed by atoms with van der Waals surface area (Å²) in [6.45, 7) is 6.00. The number of rotatable bonds is 5. The van der Waals surface area contributed by atoms with Gasteiger partial charge in [-0.25, -0.2) is 0 Å². The summed E-state index contributed by atoms with van der Waals surface area (Å²) in [4.78, 5) is 14.7. The van der Waals surface area contributed by atoms with Crippen LogP contribution in [0.5, 0.6) is 0 Å². The predicted octanol–water partition coefficient (Wildman–Crippen LogP) is 1.59. The molecule has 2 heterocycles. The standard InChI is InChI=1S/C17H28N4O2/c1-13(14(2)21-9-5-8-19-21)18-12-17(22)20-10-11-23-16-7-4-3-6-15(16)20/h5,8-9,13-16,18H,3-4,6-7,10-12H2,1-2H3/t13-,14+,15+,16+/m0/s1. The molecule has 23 heavy (non-hydrogen) atoms. The normalized spacial score (nSPS) is 27.3. The first-order chi connectivity index (χ1) is 11.2. The molecule has 1 N–H and O–H groups in total. The Morgan fingerprint density at radius 2 is 2.22 bits per heavy atom. The minimum atomic E-state index is 0.182.